The lowest BCUT2D eigenvalue weighted by Crippen LogP contribution is -2.54. The molecule has 5 heteroatoms. The van der Waals surface area contributed by atoms with Crippen molar-refractivity contribution in [2.75, 3.05) is 13.1 Å². The maximum absolute atomic E-state index is 13.0. The first kappa shape index (κ1) is 19.5. The summed E-state index contributed by atoms with van der Waals surface area (Å²) in [4.78, 5) is 17.6. The number of benzene rings is 1. The van der Waals surface area contributed by atoms with Crippen LogP contribution in [0.2, 0.25) is 5.02 Å². The van der Waals surface area contributed by atoms with Crippen molar-refractivity contribution < 1.29 is 9.53 Å². The van der Waals surface area contributed by atoms with Gasteiger partial charge in [0.25, 0.3) is 5.91 Å². The molecule has 0 spiro atoms. The first-order valence-electron chi connectivity index (χ1n) is 9.86. The van der Waals surface area contributed by atoms with Gasteiger partial charge in [-0.15, -0.1) is 0 Å². The van der Waals surface area contributed by atoms with Gasteiger partial charge in [0.1, 0.15) is 5.75 Å². The highest BCUT2D eigenvalue weighted by Crippen LogP contribution is 2.30. The van der Waals surface area contributed by atoms with Crippen LogP contribution in [-0.4, -0.2) is 53.0 Å². The third-order valence-electron chi connectivity index (χ3n) is 5.94. The molecule has 2 aliphatic heterocycles. The van der Waals surface area contributed by atoms with E-state index in [4.69, 9.17) is 16.3 Å². The molecule has 0 N–H and O–H groups in total. The van der Waals surface area contributed by atoms with Crippen LogP contribution in [0.4, 0.5) is 0 Å². The molecule has 3 rings (SSSR count). The highest BCUT2D eigenvalue weighted by atomic mass is 35.5. The number of nitrogens with zero attached hydrogens (tertiary/aromatic N) is 2. The minimum absolute atomic E-state index is 0.0866. The summed E-state index contributed by atoms with van der Waals surface area (Å²) >= 11 is 6.00. The lowest BCUT2D eigenvalue weighted by molar-refractivity contribution is -0.140. The second kappa shape index (κ2) is 8.18. The molecule has 2 heterocycles. The van der Waals surface area contributed by atoms with Gasteiger partial charge in [-0.25, -0.2) is 0 Å². The summed E-state index contributed by atoms with van der Waals surface area (Å²) in [5.41, 5.74) is 0.952. The molecule has 2 saturated heterocycles. The Hall–Kier alpha value is -1.26. The number of amides is 1. The van der Waals surface area contributed by atoms with Crippen molar-refractivity contribution in [2.45, 2.75) is 77.6 Å². The van der Waals surface area contributed by atoms with E-state index in [1.165, 1.54) is 19.3 Å². The Morgan fingerprint density at radius 2 is 1.92 bits per heavy atom. The number of halogens is 1. The zero-order valence-electron chi connectivity index (χ0n) is 16.4. The molecule has 4 atom stereocenters. The summed E-state index contributed by atoms with van der Waals surface area (Å²) in [6, 6.07) is 7.22. The predicted molar refractivity (Wildman–Crippen MR) is 106 cm³/mol. The Labute approximate surface area is 162 Å². The quantitative estimate of drug-likeness (QED) is 0.783. The van der Waals surface area contributed by atoms with E-state index < -0.39 is 6.10 Å². The fourth-order valence-corrected chi connectivity index (χ4v) is 4.80. The predicted octanol–water partition coefficient (Wildman–Crippen LogP) is 4.28. The third kappa shape index (κ3) is 4.17. The highest BCUT2D eigenvalue weighted by Gasteiger charge is 2.37. The summed E-state index contributed by atoms with van der Waals surface area (Å²) in [5.74, 6) is 0.814. The van der Waals surface area contributed by atoms with E-state index in [0.29, 0.717) is 23.1 Å². The zero-order valence-corrected chi connectivity index (χ0v) is 17.1. The Morgan fingerprint density at radius 1 is 1.23 bits per heavy atom. The largest absolute Gasteiger partial charge is 0.481 e. The van der Waals surface area contributed by atoms with E-state index in [2.05, 4.69) is 18.7 Å². The molecule has 0 radical (unpaired) electrons. The molecule has 1 aromatic rings. The number of likely N-dealkylation sites (tertiary alicyclic amines) is 2. The molecule has 2 aliphatic rings. The molecule has 1 amide bonds. The van der Waals surface area contributed by atoms with Crippen molar-refractivity contribution in [3.05, 3.63) is 28.8 Å². The first-order chi connectivity index (χ1) is 12.4. The molecular formula is C21H31ClN2O2. The Kier molecular flexibility index (Phi) is 6.13. The highest BCUT2D eigenvalue weighted by molar-refractivity contribution is 6.30. The van der Waals surface area contributed by atoms with Crippen LogP contribution in [0.3, 0.4) is 0 Å². The number of aryl methyl sites for hydroxylation is 1. The number of carbonyl (C=O) groups is 1. The molecular weight excluding hydrogens is 348 g/mol. The molecule has 0 saturated carbocycles. The van der Waals surface area contributed by atoms with Gasteiger partial charge in [-0.05, 0) is 77.1 Å². The molecule has 4 nitrogen and oxygen atoms in total. The lowest BCUT2D eigenvalue weighted by Gasteiger charge is -2.42. The molecule has 1 aromatic carbocycles. The summed E-state index contributed by atoms with van der Waals surface area (Å²) < 4.78 is 5.95. The number of ether oxygens (including phenoxy) is 1. The smallest absolute Gasteiger partial charge is 0.263 e. The second-order valence-corrected chi connectivity index (χ2v) is 8.41. The summed E-state index contributed by atoms with van der Waals surface area (Å²) in [6.07, 6.45) is 4.30. The van der Waals surface area contributed by atoms with Crippen LogP contribution in [0.5, 0.6) is 5.75 Å². The minimum Gasteiger partial charge on any atom is -0.481 e. The van der Waals surface area contributed by atoms with Gasteiger partial charge < -0.3 is 9.64 Å². The Morgan fingerprint density at radius 3 is 2.58 bits per heavy atom. The van der Waals surface area contributed by atoms with E-state index in [-0.39, 0.29) is 5.91 Å². The van der Waals surface area contributed by atoms with E-state index in [9.17, 15) is 4.79 Å². The van der Waals surface area contributed by atoms with Crippen LogP contribution in [0.15, 0.2) is 18.2 Å². The van der Waals surface area contributed by atoms with E-state index in [0.717, 1.165) is 30.8 Å². The van der Waals surface area contributed by atoms with Crippen LogP contribution in [-0.2, 0) is 4.79 Å². The third-order valence-corrected chi connectivity index (χ3v) is 6.17. The Bertz CT molecular complexity index is 641. The normalized spacial score (nSPS) is 28.2. The van der Waals surface area contributed by atoms with Crippen LogP contribution in [0, 0.1) is 6.92 Å². The average molecular weight is 379 g/mol. The molecule has 26 heavy (non-hydrogen) atoms. The van der Waals surface area contributed by atoms with Crippen molar-refractivity contribution in [1.29, 1.82) is 0 Å². The fraction of sp³-hybridized carbons (Fsp3) is 0.667. The number of hydrogen-bond donors (Lipinski definition) is 0. The zero-order chi connectivity index (χ0) is 18.8. The van der Waals surface area contributed by atoms with Crippen molar-refractivity contribution in [3.8, 4) is 5.75 Å². The van der Waals surface area contributed by atoms with Gasteiger partial charge in [0.2, 0.25) is 0 Å². The standard InChI is InChI=1S/C21H31ClN2O2/c1-14-12-18(22)9-10-20(14)26-17(4)21(25)23-11-5-6-19(13-23)24-15(2)7-8-16(24)3/h9-10,12,15-17,19H,5-8,11,13H2,1-4H3. The van der Waals surface area contributed by atoms with Gasteiger partial charge in [-0.2, -0.15) is 0 Å². The van der Waals surface area contributed by atoms with Crippen LogP contribution >= 0.6 is 11.6 Å². The molecule has 0 aliphatic carbocycles. The molecule has 0 aromatic heterocycles. The second-order valence-electron chi connectivity index (χ2n) is 7.97. The maximum atomic E-state index is 13.0. The van der Waals surface area contributed by atoms with E-state index in [1.807, 2.05) is 30.9 Å². The van der Waals surface area contributed by atoms with E-state index in [1.54, 1.807) is 6.07 Å². The fourth-order valence-electron chi connectivity index (χ4n) is 4.58. The average Bonchev–Trinajstić information content (AvgIpc) is 2.95. The maximum Gasteiger partial charge on any atom is 0.263 e. The van der Waals surface area contributed by atoms with Crippen LogP contribution in [0.25, 0.3) is 0 Å². The van der Waals surface area contributed by atoms with Gasteiger partial charge in [0.05, 0.1) is 0 Å². The van der Waals surface area contributed by atoms with Crippen LogP contribution in [0.1, 0.15) is 52.0 Å². The Balaban J connectivity index is 1.63. The number of rotatable bonds is 4. The summed E-state index contributed by atoms with van der Waals surface area (Å²) in [7, 11) is 0. The van der Waals surface area contributed by atoms with Gasteiger partial charge in [0.15, 0.2) is 6.10 Å². The number of piperidine rings is 1. The first-order valence-corrected chi connectivity index (χ1v) is 10.2. The van der Waals surface area contributed by atoms with Gasteiger partial charge in [0, 0.05) is 36.2 Å². The van der Waals surface area contributed by atoms with Gasteiger partial charge in [-0.1, -0.05) is 11.6 Å². The van der Waals surface area contributed by atoms with Gasteiger partial charge in [-0.3, -0.25) is 9.69 Å². The monoisotopic (exact) mass is 378 g/mol. The van der Waals surface area contributed by atoms with Crippen molar-refractivity contribution in [1.82, 2.24) is 9.80 Å². The van der Waals surface area contributed by atoms with Crippen molar-refractivity contribution in [2.24, 2.45) is 0 Å². The SMILES string of the molecule is Cc1cc(Cl)ccc1OC(C)C(=O)N1CCCC(N2C(C)CCC2C)C1. The molecule has 0 bridgehead atoms. The minimum atomic E-state index is -0.484. The summed E-state index contributed by atoms with van der Waals surface area (Å²) in [6.45, 7) is 10.1. The lowest BCUT2D eigenvalue weighted by atomic mass is 10.0. The van der Waals surface area contributed by atoms with Crippen molar-refractivity contribution >= 4 is 17.5 Å². The molecule has 4 unspecified atom stereocenters. The van der Waals surface area contributed by atoms with Crippen molar-refractivity contribution in [3.63, 3.8) is 0 Å². The van der Waals surface area contributed by atoms with Gasteiger partial charge >= 0.3 is 0 Å². The summed E-state index contributed by atoms with van der Waals surface area (Å²) in [5, 5.41) is 0.682. The van der Waals surface area contributed by atoms with E-state index >= 15 is 0 Å². The van der Waals surface area contributed by atoms with Crippen LogP contribution < -0.4 is 4.74 Å². The number of hydrogen-bond acceptors (Lipinski definition) is 3. The molecule has 144 valence electrons. The topological polar surface area (TPSA) is 32.8 Å². The number of carbonyl (C=O) groups excluding carboxylic acids is 1. The molecule has 2 fully saturated rings.